The third kappa shape index (κ3) is 2.82. The lowest BCUT2D eigenvalue weighted by molar-refractivity contribution is 0.0949. The SMILES string of the molecule is CC1CC1NC(=O)c1cc(S(N)(=O)=O)ccc1Cl. The highest BCUT2D eigenvalue weighted by molar-refractivity contribution is 7.89. The number of halogens is 1. The summed E-state index contributed by atoms with van der Waals surface area (Å²) in [5.74, 6) is 0.0778. The molecule has 2 atom stereocenters. The summed E-state index contributed by atoms with van der Waals surface area (Å²) in [6, 6.07) is 3.97. The molecule has 0 heterocycles. The number of amides is 1. The minimum absolute atomic E-state index is 0.124. The van der Waals surface area contributed by atoms with Crippen molar-refractivity contribution in [2.24, 2.45) is 11.1 Å². The maximum absolute atomic E-state index is 11.9. The molecule has 1 fully saturated rings. The van der Waals surface area contributed by atoms with Gasteiger partial charge in [-0.25, -0.2) is 13.6 Å². The van der Waals surface area contributed by atoms with Gasteiger partial charge in [-0.2, -0.15) is 0 Å². The molecule has 0 spiro atoms. The molecule has 1 saturated carbocycles. The Morgan fingerprint density at radius 2 is 2.11 bits per heavy atom. The lowest BCUT2D eigenvalue weighted by Gasteiger charge is -2.07. The van der Waals surface area contributed by atoms with Gasteiger partial charge in [-0.05, 0) is 30.5 Å². The highest BCUT2D eigenvalue weighted by Gasteiger charge is 2.34. The highest BCUT2D eigenvalue weighted by atomic mass is 35.5. The summed E-state index contributed by atoms with van der Waals surface area (Å²) in [5.41, 5.74) is 0.127. The summed E-state index contributed by atoms with van der Waals surface area (Å²) >= 11 is 5.88. The van der Waals surface area contributed by atoms with Gasteiger partial charge in [0.25, 0.3) is 5.91 Å². The van der Waals surface area contributed by atoms with E-state index in [0.717, 1.165) is 6.42 Å². The van der Waals surface area contributed by atoms with Crippen LogP contribution >= 0.6 is 11.6 Å². The second kappa shape index (κ2) is 4.53. The minimum Gasteiger partial charge on any atom is -0.349 e. The van der Waals surface area contributed by atoms with Gasteiger partial charge in [0.1, 0.15) is 0 Å². The zero-order valence-electron chi connectivity index (χ0n) is 9.68. The Hall–Kier alpha value is -1.11. The van der Waals surface area contributed by atoms with Gasteiger partial charge in [-0.15, -0.1) is 0 Å². The molecule has 2 rings (SSSR count). The fraction of sp³-hybridized carbons (Fsp3) is 0.364. The molecule has 5 nitrogen and oxygen atoms in total. The van der Waals surface area contributed by atoms with Gasteiger partial charge in [-0.1, -0.05) is 18.5 Å². The van der Waals surface area contributed by atoms with Crippen molar-refractivity contribution < 1.29 is 13.2 Å². The number of hydrogen-bond acceptors (Lipinski definition) is 3. The first kappa shape index (κ1) is 13.3. The molecule has 0 saturated heterocycles. The number of rotatable bonds is 3. The Balaban J connectivity index is 2.29. The van der Waals surface area contributed by atoms with Crippen molar-refractivity contribution in [2.45, 2.75) is 24.3 Å². The fourth-order valence-corrected chi connectivity index (χ4v) is 2.37. The van der Waals surface area contributed by atoms with Crippen molar-refractivity contribution >= 4 is 27.5 Å². The van der Waals surface area contributed by atoms with Crippen LogP contribution in [0.3, 0.4) is 0 Å². The molecule has 18 heavy (non-hydrogen) atoms. The van der Waals surface area contributed by atoms with Crippen LogP contribution in [0.15, 0.2) is 23.1 Å². The quantitative estimate of drug-likeness (QED) is 0.873. The second-order valence-corrected chi connectivity index (χ2v) is 6.45. The Kier molecular flexibility index (Phi) is 3.35. The first-order valence-electron chi connectivity index (χ1n) is 5.42. The molecule has 7 heteroatoms. The van der Waals surface area contributed by atoms with Gasteiger partial charge in [0, 0.05) is 6.04 Å². The van der Waals surface area contributed by atoms with Crippen LogP contribution in [0.25, 0.3) is 0 Å². The molecule has 1 aromatic rings. The molecule has 0 bridgehead atoms. The summed E-state index contributed by atoms with van der Waals surface area (Å²) in [4.78, 5) is 11.8. The van der Waals surface area contributed by atoms with Crippen LogP contribution in [0.2, 0.25) is 5.02 Å². The molecular formula is C11H13ClN2O3S. The predicted octanol–water partition coefficient (Wildman–Crippen LogP) is 1.13. The molecule has 3 N–H and O–H groups in total. The second-order valence-electron chi connectivity index (χ2n) is 4.48. The van der Waals surface area contributed by atoms with Gasteiger partial charge < -0.3 is 5.32 Å². The van der Waals surface area contributed by atoms with Crippen LogP contribution < -0.4 is 10.5 Å². The summed E-state index contributed by atoms with van der Waals surface area (Å²) in [5, 5.41) is 7.99. The third-order valence-electron chi connectivity index (χ3n) is 2.94. The van der Waals surface area contributed by atoms with Gasteiger partial charge >= 0.3 is 0 Å². The zero-order chi connectivity index (χ0) is 13.5. The van der Waals surface area contributed by atoms with Gasteiger partial charge in [0.15, 0.2) is 0 Å². The van der Waals surface area contributed by atoms with Crippen molar-refractivity contribution in [3.8, 4) is 0 Å². The van der Waals surface area contributed by atoms with Crippen molar-refractivity contribution in [1.29, 1.82) is 0 Å². The molecule has 0 aliphatic heterocycles. The van der Waals surface area contributed by atoms with E-state index in [1.54, 1.807) is 0 Å². The minimum atomic E-state index is -3.84. The van der Waals surface area contributed by atoms with E-state index in [-0.39, 0.29) is 27.4 Å². The maximum Gasteiger partial charge on any atom is 0.253 e. The Labute approximate surface area is 110 Å². The number of carbonyl (C=O) groups excluding carboxylic acids is 1. The van der Waals surface area contributed by atoms with Crippen LogP contribution in [0, 0.1) is 5.92 Å². The van der Waals surface area contributed by atoms with E-state index >= 15 is 0 Å². The number of benzene rings is 1. The molecule has 1 aromatic carbocycles. The van der Waals surface area contributed by atoms with E-state index in [1.165, 1.54) is 18.2 Å². The molecular weight excluding hydrogens is 276 g/mol. The first-order chi connectivity index (χ1) is 8.29. The topological polar surface area (TPSA) is 89.3 Å². The summed E-state index contributed by atoms with van der Waals surface area (Å²) in [6.07, 6.45) is 0.929. The highest BCUT2D eigenvalue weighted by Crippen LogP contribution is 2.30. The van der Waals surface area contributed by atoms with E-state index in [9.17, 15) is 13.2 Å². The standard InChI is InChI=1S/C11H13ClN2O3S/c1-6-4-10(6)14-11(15)8-5-7(18(13,16)17)2-3-9(8)12/h2-3,5-6,10H,4H2,1H3,(H,14,15)(H2,13,16,17). The van der Waals surface area contributed by atoms with Crippen LogP contribution in [0.1, 0.15) is 23.7 Å². The van der Waals surface area contributed by atoms with Crippen molar-refractivity contribution in [2.75, 3.05) is 0 Å². The number of primary sulfonamides is 1. The van der Waals surface area contributed by atoms with E-state index in [2.05, 4.69) is 5.32 Å². The maximum atomic E-state index is 11.9. The average molecular weight is 289 g/mol. The van der Waals surface area contributed by atoms with E-state index in [1.807, 2.05) is 6.92 Å². The smallest absolute Gasteiger partial charge is 0.253 e. The molecule has 0 aromatic heterocycles. The largest absolute Gasteiger partial charge is 0.349 e. The fourth-order valence-electron chi connectivity index (χ4n) is 1.62. The average Bonchev–Trinajstić information content (AvgIpc) is 2.92. The lowest BCUT2D eigenvalue weighted by atomic mass is 10.2. The van der Waals surface area contributed by atoms with Gasteiger partial charge in [-0.3, -0.25) is 4.79 Å². The third-order valence-corrected chi connectivity index (χ3v) is 4.18. The van der Waals surface area contributed by atoms with Gasteiger partial charge in [0.2, 0.25) is 10.0 Å². The van der Waals surface area contributed by atoms with Crippen molar-refractivity contribution in [3.63, 3.8) is 0 Å². The molecule has 1 aliphatic carbocycles. The molecule has 1 aliphatic rings. The van der Waals surface area contributed by atoms with Crippen LogP contribution in [-0.2, 0) is 10.0 Å². The first-order valence-corrected chi connectivity index (χ1v) is 7.34. The van der Waals surface area contributed by atoms with Crippen molar-refractivity contribution in [1.82, 2.24) is 5.32 Å². The number of carbonyl (C=O) groups is 1. The summed E-state index contributed by atoms with van der Waals surface area (Å²) < 4.78 is 22.4. The lowest BCUT2D eigenvalue weighted by Crippen LogP contribution is -2.27. The summed E-state index contributed by atoms with van der Waals surface area (Å²) in [7, 11) is -3.84. The molecule has 1 amide bonds. The molecule has 2 unspecified atom stereocenters. The normalized spacial score (nSPS) is 22.6. The van der Waals surface area contributed by atoms with E-state index in [0.29, 0.717) is 5.92 Å². The van der Waals surface area contributed by atoms with Crippen LogP contribution in [-0.4, -0.2) is 20.4 Å². The molecule has 0 radical (unpaired) electrons. The van der Waals surface area contributed by atoms with E-state index < -0.39 is 10.0 Å². The van der Waals surface area contributed by atoms with E-state index in [4.69, 9.17) is 16.7 Å². The number of nitrogens with two attached hydrogens (primary N) is 1. The monoisotopic (exact) mass is 288 g/mol. The van der Waals surface area contributed by atoms with Gasteiger partial charge in [0.05, 0.1) is 15.5 Å². The number of hydrogen-bond donors (Lipinski definition) is 2. The predicted molar refractivity (Wildman–Crippen MR) is 67.9 cm³/mol. The summed E-state index contributed by atoms with van der Waals surface area (Å²) in [6.45, 7) is 2.02. The van der Waals surface area contributed by atoms with Crippen LogP contribution in [0.4, 0.5) is 0 Å². The Bertz CT molecular complexity index is 600. The zero-order valence-corrected chi connectivity index (χ0v) is 11.3. The number of sulfonamides is 1. The Morgan fingerprint density at radius 1 is 1.50 bits per heavy atom. The Morgan fingerprint density at radius 3 is 2.61 bits per heavy atom. The number of nitrogens with one attached hydrogen (secondary N) is 1. The van der Waals surface area contributed by atoms with Crippen molar-refractivity contribution in [3.05, 3.63) is 28.8 Å². The molecule has 98 valence electrons. The van der Waals surface area contributed by atoms with Crippen LogP contribution in [0.5, 0.6) is 0 Å².